The number of nitrogens with zero attached hydrogens (tertiary/aromatic N) is 3. The van der Waals surface area contributed by atoms with Crippen LogP contribution in [0.1, 0.15) is 63.1 Å². The Balaban J connectivity index is 1.61. The Labute approximate surface area is 137 Å². The highest BCUT2D eigenvalue weighted by Gasteiger charge is 2.29. The lowest BCUT2D eigenvalue weighted by atomic mass is 9.92. The Morgan fingerprint density at radius 2 is 2.09 bits per heavy atom. The summed E-state index contributed by atoms with van der Waals surface area (Å²) in [5.74, 6) is 1.73. The first kappa shape index (κ1) is 16.2. The molecule has 1 aliphatic heterocycles. The number of hydrogen-bond donors (Lipinski definition) is 2. The highest BCUT2D eigenvalue weighted by Crippen LogP contribution is 2.24. The maximum absolute atomic E-state index is 12.4. The zero-order valence-electron chi connectivity index (χ0n) is 14.0. The third kappa shape index (κ3) is 3.65. The molecule has 1 fully saturated rings. The van der Waals surface area contributed by atoms with Gasteiger partial charge in [-0.2, -0.15) is 5.10 Å². The van der Waals surface area contributed by atoms with E-state index in [0.717, 1.165) is 56.7 Å². The first-order valence-corrected chi connectivity index (χ1v) is 8.74. The van der Waals surface area contributed by atoms with Crippen LogP contribution < -0.4 is 10.6 Å². The molecule has 128 valence electrons. The fraction of sp³-hybridized carbons (Fsp3) is 0.812. The van der Waals surface area contributed by atoms with Crippen molar-refractivity contribution in [2.45, 2.75) is 76.6 Å². The maximum atomic E-state index is 12.4. The number of amides is 2. The third-order valence-corrected chi connectivity index (χ3v) is 4.86. The average molecular weight is 321 g/mol. The van der Waals surface area contributed by atoms with Crippen LogP contribution in [0.2, 0.25) is 0 Å². The molecule has 1 aromatic rings. The van der Waals surface area contributed by atoms with E-state index < -0.39 is 0 Å². The number of nitrogens with one attached hydrogen (secondary N) is 2. The van der Waals surface area contributed by atoms with E-state index in [4.69, 9.17) is 4.74 Å². The molecular formula is C16H27N5O2. The van der Waals surface area contributed by atoms with Crippen molar-refractivity contribution in [1.29, 1.82) is 0 Å². The fourth-order valence-electron chi connectivity index (χ4n) is 3.60. The van der Waals surface area contributed by atoms with E-state index in [1.165, 1.54) is 6.42 Å². The molecule has 1 saturated carbocycles. The van der Waals surface area contributed by atoms with Crippen LogP contribution in [0.5, 0.6) is 0 Å². The summed E-state index contributed by atoms with van der Waals surface area (Å²) >= 11 is 0. The summed E-state index contributed by atoms with van der Waals surface area (Å²) in [4.78, 5) is 17.0. The summed E-state index contributed by atoms with van der Waals surface area (Å²) in [5, 5.41) is 10.6. The minimum atomic E-state index is -0.126. The first-order chi connectivity index (χ1) is 11.2. The SMILES string of the molecule is CCc1nc2n(n1)CCC[C@@H]2NC(=O)N[C@H]1CCCC[C@H]1OC. The molecule has 0 bridgehead atoms. The second-order valence-electron chi connectivity index (χ2n) is 6.44. The smallest absolute Gasteiger partial charge is 0.315 e. The second kappa shape index (κ2) is 7.29. The summed E-state index contributed by atoms with van der Waals surface area (Å²) in [6.07, 6.45) is 7.16. The Morgan fingerprint density at radius 3 is 2.87 bits per heavy atom. The monoisotopic (exact) mass is 321 g/mol. The predicted molar refractivity (Wildman–Crippen MR) is 86.1 cm³/mol. The van der Waals surface area contributed by atoms with Gasteiger partial charge in [0.15, 0.2) is 5.82 Å². The quantitative estimate of drug-likeness (QED) is 0.888. The summed E-state index contributed by atoms with van der Waals surface area (Å²) < 4.78 is 7.44. The van der Waals surface area contributed by atoms with Gasteiger partial charge in [0.25, 0.3) is 0 Å². The minimum absolute atomic E-state index is 0.0545. The average Bonchev–Trinajstić information content (AvgIpc) is 2.99. The molecular weight excluding hydrogens is 294 g/mol. The molecule has 7 nitrogen and oxygen atoms in total. The van der Waals surface area contributed by atoms with Crippen LogP contribution in [0.15, 0.2) is 0 Å². The van der Waals surface area contributed by atoms with Crippen LogP contribution >= 0.6 is 0 Å². The fourth-order valence-corrected chi connectivity index (χ4v) is 3.60. The van der Waals surface area contributed by atoms with Crippen LogP contribution in [-0.2, 0) is 17.7 Å². The highest BCUT2D eigenvalue weighted by molar-refractivity contribution is 5.74. The van der Waals surface area contributed by atoms with Gasteiger partial charge in [0.2, 0.25) is 0 Å². The molecule has 2 aliphatic rings. The molecule has 3 atom stereocenters. The number of ether oxygens (including phenoxy) is 1. The van der Waals surface area contributed by atoms with Crippen molar-refractivity contribution in [1.82, 2.24) is 25.4 Å². The number of carbonyl (C=O) groups is 1. The van der Waals surface area contributed by atoms with Crippen LogP contribution in [0.4, 0.5) is 4.79 Å². The minimum Gasteiger partial charge on any atom is -0.379 e. The number of urea groups is 1. The van der Waals surface area contributed by atoms with Crippen molar-refractivity contribution in [3.05, 3.63) is 11.6 Å². The summed E-state index contributed by atoms with van der Waals surface area (Å²) in [6.45, 7) is 2.93. The molecule has 23 heavy (non-hydrogen) atoms. The van der Waals surface area contributed by atoms with Gasteiger partial charge in [-0.1, -0.05) is 19.8 Å². The van der Waals surface area contributed by atoms with Crippen molar-refractivity contribution >= 4 is 6.03 Å². The van der Waals surface area contributed by atoms with Crippen molar-refractivity contribution < 1.29 is 9.53 Å². The van der Waals surface area contributed by atoms with Gasteiger partial charge in [0.05, 0.1) is 18.2 Å². The maximum Gasteiger partial charge on any atom is 0.315 e. The Kier molecular flexibility index (Phi) is 5.15. The molecule has 0 unspecified atom stereocenters. The number of hydrogen-bond acceptors (Lipinski definition) is 4. The zero-order valence-corrected chi connectivity index (χ0v) is 14.0. The molecule has 0 spiro atoms. The highest BCUT2D eigenvalue weighted by atomic mass is 16.5. The van der Waals surface area contributed by atoms with Crippen molar-refractivity contribution in [3.8, 4) is 0 Å². The summed E-state index contributed by atoms with van der Waals surface area (Å²) in [5.41, 5.74) is 0. The van der Waals surface area contributed by atoms with E-state index in [1.54, 1.807) is 7.11 Å². The first-order valence-electron chi connectivity index (χ1n) is 8.74. The lowest BCUT2D eigenvalue weighted by molar-refractivity contribution is 0.0450. The number of aromatic nitrogens is 3. The molecule has 2 N–H and O–H groups in total. The topological polar surface area (TPSA) is 81.1 Å². The molecule has 1 aliphatic carbocycles. The van der Waals surface area contributed by atoms with Crippen LogP contribution in [0.3, 0.4) is 0 Å². The third-order valence-electron chi connectivity index (χ3n) is 4.86. The Bertz CT molecular complexity index is 545. The van der Waals surface area contributed by atoms with Gasteiger partial charge in [-0.15, -0.1) is 0 Å². The summed E-state index contributed by atoms with van der Waals surface area (Å²) in [6, 6.07) is -0.0824. The van der Waals surface area contributed by atoms with Gasteiger partial charge in [-0.3, -0.25) is 0 Å². The van der Waals surface area contributed by atoms with Crippen LogP contribution in [-0.4, -0.2) is 40.1 Å². The molecule has 1 aromatic heterocycles. The standard InChI is InChI=1S/C16H27N5O2/c1-3-14-19-15-12(8-6-10-21(15)20-14)18-16(22)17-11-7-4-5-9-13(11)23-2/h11-13H,3-10H2,1-2H3,(H2,17,18,22)/t11-,12-,13+/m0/s1. The molecule has 7 heteroatoms. The van der Waals surface area contributed by atoms with Crippen molar-refractivity contribution in [2.75, 3.05) is 7.11 Å². The summed E-state index contributed by atoms with van der Waals surface area (Å²) in [7, 11) is 1.72. The molecule has 2 heterocycles. The van der Waals surface area contributed by atoms with Crippen LogP contribution in [0, 0.1) is 0 Å². The van der Waals surface area contributed by atoms with Crippen molar-refractivity contribution in [3.63, 3.8) is 0 Å². The van der Waals surface area contributed by atoms with E-state index >= 15 is 0 Å². The lowest BCUT2D eigenvalue weighted by Crippen LogP contribution is -2.50. The van der Waals surface area contributed by atoms with Gasteiger partial charge >= 0.3 is 6.03 Å². The molecule has 0 aromatic carbocycles. The normalized spacial score (nSPS) is 27.3. The number of carbonyl (C=O) groups excluding carboxylic acids is 1. The van der Waals surface area contributed by atoms with E-state index in [2.05, 4.69) is 20.7 Å². The molecule has 0 radical (unpaired) electrons. The molecule has 3 rings (SSSR count). The predicted octanol–water partition coefficient (Wildman–Crippen LogP) is 1.93. The van der Waals surface area contributed by atoms with Gasteiger partial charge in [0.1, 0.15) is 5.82 Å². The molecule has 2 amide bonds. The van der Waals surface area contributed by atoms with Gasteiger partial charge in [0, 0.05) is 20.1 Å². The number of aryl methyl sites for hydroxylation is 2. The Hall–Kier alpha value is -1.63. The largest absolute Gasteiger partial charge is 0.379 e. The second-order valence-corrected chi connectivity index (χ2v) is 6.44. The van der Waals surface area contributed by atoms with Crippen LogP contribution in [0.25, 0.3) is 0 Å². The van der Waals surface area contributed by atoms with Crippen molar-refractivity contribution in [2.24, 2.45) is 0 Å². The van der Waals surface area contributed by atoms with E-state index in [0.29, 0.717) is 0 Å². The van der Waals surface area contributed by atoms with Gasteiger partial charge in [-0.25, -0.2) is 14.5 Å². The van der Waals surface area contributed by atoms with Gasteiger partial charge in [-0.05, 0) is 25.7 Å². The zero-order chi connectivity index (χ0) is 16.2. The molecule has 0 saturated heterocycles. The number of methoxy groups -OCH3 is 1. The Morgan fingerprint density at radius 1 is 1.26 bits per heavy atom. The lowest BCUT2D eigenvalue weighted by Gasteiger charge is -2.32. The van der Waals surface area contributed by atoms with Gasteiger partial charge < -0.3 is 15.4 Å². The number of rotatable bonds is 4. The van der Waals surface area contributed by atoms with E-state index in [1.807, 2.05) is 11.6 Å². The van der Waals surface area contributed by atoms with E-state index in [9.17, 15) is 4.79 Å². The number of fused-ring (bicyclic) bond motifs is 1. The van der Waals surface area contributed by atoms with E-state index in [-0.39, 0.29) is 24.2 Å².